The predicted octanol–water partition coefficient (Wildman–Crippen LogP) is 1.92. The Kier molecular flexibility index (Phi) is 5.97. The molecule has 0 aliphatic rings. The summed E-state index contributed by atoms with van der Waals surface area (Å²) in [5.41, 5.74) is 1.07. The highest BCUT2D eigenvalue weighted by Crippen LogP contribution is 2.12. The third-order valence-corrected chi connectivity index (χ3v) is 3.39. The van der Waals surface area contributed by atoms with Crippen LogP contribution in [0.25, 0.3) is 0 Å². The number of nitrogens with zero attached hydrogens (tertiary/aromatic N) is 1. The summed E-state index contributed by atoms with van der Waals surface area (Å²) in [5, 5.41) is 5.58. The molecule has 2 aromatic rings. The van der Waals surface area contributed by atoms with Crippen molar-refractivity contribution in [1.29, 1.82) is 0 Å². The van der Waals surface area contributed by atoms with Crippen LogP contribution in [0.3, 0.4) is 0 Å². The van der Waals surface area contributed by atoms with Crippen molar-refractivity contribution in [3.63, 3.8) is 0 Å². The van der Waals surface area contributed by atoms with Crippen molar-refractivity contribution in [3.8, 4) is 0 Å². The molecule has 0 radical (unpaired) electrons. The first-order valence-corrected chi connectivity index (χ1v) is 7.37. The van der Waals surface area contributed by atoms with E-state index in [9.17, 15) is 9.59 Å². The molecule has 1 aromatic heterocycles. The van der Waals surface area contributed by atoms with Gasteiger partial charge < -0.3 is 10.6 Å². The van der Waals surface area contributed by atoms with E-state index in [4.69, 9.17) is 0 Å². The molecule has 0 atom stereocenters. The number of benzene rings is 1. The predicted molar refractivity (Wildman–Crippen MR) is 87.2 cm³/mol. The molecule has 0 bridgehead atoms. The normalized spacial score (nSPS) is 10.0. The second-order valence-corrected chi connectivity index (χ2v) is 5.11. The lowest BCUT2D eigenvalue weighted by Crippen LogP contribution is -2.30. The molecule has 0 unspecified atom stereocenters. The van der Waals surface area contributed by atoms with Crippen molar-refractivity contribution < 1.29 is 9.59 Å². The topological polar surface area (TPSA) is 71.1 Å². The molecule has 6 heteroatoms. The molecule has 0 aliphatic carbocycles. The van der Waals surface area contributed by atoms with Gasteiger partial charge in [0.25, 0.3) is 11.8 Å². The van der Waals surface area contributed by atoms with E-state index < -0.39 is 0 Å². The third-order valence-electron chi connectivity index (χ3n) is 3.00. The zero-order chi connectivity index (χ0) is 15.8. The lowest BCUT2D eigenvalue weighted by molar-refractivity contribution is 0.0949. The molecule has 0 aliphatic heterocycles. The first-order valence-electron chi connectivity index (χ1n) is 6.93. The second-order valence-electron chi connectivity index (χ2n) is 4.62. The quantitative estimate of drug-likeness (QED) is 0.563. The summed E-state index contributed by atoms with van der Waals surface area (Å²) in [4.78, 5) is 28.2. The summed E-state index contributed by atoms with van der Waals surface area (Å²) in [6, 6.07) is 10.5. The molecule has 5 nitrogen and oxygen atoms in total. The Morgan fingerprint density at radius 1 is 1.00 bits per heavy atom. The first-order chi connectivity index (χ1) is 10.7. The van der Waals surface area contributed by atoms with Gasteiger partial charge in [-0.2, -0.15) is 0 Å². The van der Waals surface area contributed by atoms with Gasteiger partial charge in [-0.15, -0.1) is 12.6 Å². The molecule has 0 spiro atoms. The van der Waals surface area contributed by atoms with Crippen molar-refractivity contribution >= 4 is 24.4 Å². The minimum Gasteiger partial charge on any atom is -0.352 e. The lowest BCUT2D eigenvalue weighted by atomic mass is 10.2. The number of hydrogen-bond donors (Lipinski definition) is 3. The van der Waals surface area contributed by atoms with E-state index in [1.165, 1.54) is 6.20 Å². The Balaban J connectivity index is 1.69. The van der Waals surface area contributed by atoms with Crippen LogP contribution in [0.15, 0.2) is 53.7 Å². The van der Waals surface area contributed by atoms with Crippen LogP contribution in [0.1, 0.15) is 27.1 Å². The van der Waals surface area contributed by atoms with Gasteiger partial charge in [0.2, 0.25) is 0 Å². The van der Waals surface area contributed by atoms with Crippen LogP contribution in [0.4, 0.5) is 0 Å². The molecule has 1 heterocycles. The van der Waals surface area contributed by atoms with Gasteiger partial charge in [0.1, 0.15) is 0 Å². The smallest absolute Gasteiger partial charge is 0.252 e. The standard InChI is InChI=1S/C16H17N3O2S/c20-15(12-5-3-8-17-11-12)18-9-4-10-19-16(21)13-6-1-2-7-14(13)22/h1-3,5-8,11,22H,4,9-10H2,(H,18,20)(H,19,21). The molecule has 0 fully saturated rings. The molecule has 2 rings (SSSR count). The zero-order valence-corrected chi connectivity index (χ0v) is 12.8. The van der Waals surface area contributed by atoms with Crippen molar-refractivity contribution in [2.24, 2.45) is 0 Å². The molecule has 2 N–H and O–H groups in total. The molecular formula is C16H17N3O2S. The van der Waals surface area contributed by atoms with Crippen LogP contribution in [-0.4, -0.2) is 29.9 Å². The van der Waals surface area contributed by atoms with Gasteiger partial charge in [0, 0.05) is 30.4 Å². The largest absolute Gasteiger partial charge is 0.352 e. The number of aromatic nitrogens is 1. The fourth-order valence-electron chi connectivity index (χ4n) is 1.85. The number of amides is 2. The second kappa shape index (κ2) is 8.19. The van der Waals surface area contributed by atoms with Gasteiger partial charge in [-0.25, -0.2) is 0 Å². The monoisotopic (exact) mass is 315 g/mol. The van der Waals surface area contributed by atoms with E-state index in [0.29, 0.717) is 35.5 Å². The van der Waals surface area contributed by atoms with Gasteiger partial charge in [0.05, 0.1) is 11.1 Å². The molecule has 1 aromatic carbocycles. The molecule has 0 saturated heterocycles. The minimum atomic E-state index is -0.167. The highest BCUT2D eigenvalue weighted by Gasteiger charge is 2.08. The maximum absolute atomic E-state index is 11.9. The molecule has 2 amide bonds. The van der Waals surface area contributed by atoms with Crippen LogP contribution in [-0.2, 0) is 0 Å². The van der Waals surface area contributed by atoms with Crippen molar-refractivity contribution in [3.05, 3.63) is 59.9 Å². The Bertz CT molecular complexity index is 647. The van der Waals surface area contributed by atoms with E-state index in [2.05, 4.69) is 28.2 Å². The van der Waals surface area contributed by atoms with Crippen LogP contribution in [0, 0.1) is 0 Å². The van der Waals surface area contributed by atoms with Crippen LogP contribution in [0.2, 0.25) is 0 Å². The number of carbonyl (C=O) groups is 2. The fraction of sp³-hybridized carbons (Fsp3) is 0.188. The average Bonchev–Trinajstić information content (AvgIpc) is 2.55. The summed E-state index contributed by atoms with van der Waals surface area (Å²) in [6.45, 7) is 0.963. The fourth-order valence-corrected chi connectivity index (χ4v) is 2.11. The third kappa shape index (κ3) is 4.60. The van der Waals surface area contributed by atoms with Crippen molar-refractivity contribution in [2.75, 3.05) is 13.1 Å². The number of pyridine rings is 1. The van der Waals surface area contributed by atoms with E-state index in [0.717, 1.165) is 0 Å². The maximum Gasteiger partial charge on any atom is 0.252 e. The Hall–Kier alpha value is -2.34. The maximum atomic E-state index is 11.9. The van der Waals surface area contributed by atoms with Gasteiger partial charge in [-0.05, 0) is 30.7 Å². The number of hydrogen-bond acceptors (Lipinski definition) is 4. The van der Waals surface area contributed by atoms with Gasteiger partial charge >= 0.3 is 0 Å². The number of carbonyl (C=O) groups excluding carboxylic acids is 2. The van der Waals surface area contributed by atoms with E-state index >= 15 is 0 Å². The Labute approximate surface area is 134 Å². The van der Waals surface area contributed by atoms with E-state index in [1.807, 2.05) is 6.07 Å². The summed E-state index contributed by atoms with van der Waals surface area (Å²) < 4.78 is 0. The molecular weight excluding hydrogens is 298 g/mol. The Morgan fingerprint density at radius 3 is 2.41 bits per heavy atom. The number of rotatable bonds is 6. The Morgan fingerprint density at radius 2 is 1.73 bits per heavy atom. The van der Waals surface area contributed by atoms with E-state index in [1.54, 1.807) is 36.5 Å². The number of nitrogens with one attached hydrogen (secondary N) is 2. The first kappa shape index (κ1) is 16.0. The SMILES string of the molecule is O=C(NCCCNC(=O)c1ccccc1S)c1cccnc1. The van der Waals surface area contributed by atoms with Crippen LogP contribution in [0.5, 0.6) is 0 Å². The highest BCUT2D eigenvalue weighted by molar-refractivity contribution is 7.80. The highest BCUT2D eigenvalue weighted by atomic mass is 32.1. The average molecular weight is 315 g/mol. The lowest BCUT2D eigenvalue weighted by Gasteiger charge is -2.08. The van der Waals surface area contributed by atoms with Crippen molar-refractivity contribution in [2.45, 2.75) is 11.3 Å². The summed E-state index contributed by atoms with van der Waals surface area (Å²) in [5.74, 6) is -0.329. The molecule has 114 valence electrons. The van der Waals surface area contributed by atoms with Gasteiger partial charge in [-0.3, -0.25) is 14.6 Å². The zero-order valence-electron chi connectivity index (χ0n) is 12.0. The van der Waals surface area contributed by atoms with Gasteiger partial charge in [-0.1, -0.05) is 12.1 Å². The van der Waals surface area contributed by atoms with Crippen LogP contribution >= 0.6 is 12.6 Å². The van der Waals surface area contributed by atoms with E-state index in [-0.39, 0.29) is 11.8 Å². The summed E-state index contributed by atoms with van der Waals surface area (Å²) >= 11 is 4.24. The summed E-state index contributed by atoms with van der Waals surface area (Å²) in [6.07, 6.45) is 3.78. The van der Waals surface area contributed by atoms with Crippen LogP contribution < -0.4 is 10.6 Å². The molecule has 22 heavy (non-hydrogen) atoms. The number of thiol groups is 1. The molecule has 0 saturated carbocycles. The van der Waals surface area contributed by atoms with Gasteiger partial charge in [0.15, 0.2) is 0 Å². The van der Waals surface area contributed by atoms with Crippen molar-refractivity contribution in [1.82, 2.24) is 15.6 Å². The summed E-state index contributed by atoms with van der Waals surface area (Å²) in [7, 11) is 0. The minimum absolute atomic E-state index is 0.163.